The summed E-state index contributed by atoms with van der Waals surface area (Å²) < 4.78 is 62.3. The highest BCUT2D eigenvalue weighted by Crippen LogP contribution is 2.39. The van der Waals surface area contributed by atoms with E-state index in [1.807, 2.05) is 0 Å². The van der Waals surface area contributed by atoms with Crippen LogP contribution in [0.25, 0.3) is 11.4 Å². The second-order valence-electron chi connectivity index (χ2n) is 11.2. The molecule has 1 aromatic heterocycles. The molecular formula is C27H34F3N5O6. The van der Waals surface area contributed by atoms with Crippen LogP contribution >= 0.6 is 0 Å². The van der Waals surface area contributed by atoms with Gasteiger partial charge in [-0.3, -0.25) is 5.32 Å². The lowest BCUT2D eigenvalue weighted by molar-refractivity contribution is -0.138. The smallest absolute Gasteiger partial charge is 0.437 e. The zero-order valence-electron chi connectivity index (χ0n) is 23.8. The molecule has 0 aliphatic carbocycles. The van der Waals surface area contributed by atoms with Gasteiger partial charge in [0, 0.05) is 12.1 Å². The summed E-state index contributed by atoms with van der Waals surface area (Å²) in [5.41, 5.74) is -2.62. The standard InChI is InChI=1S/C27H34F3N5O6/c1-8-14-38-19-12-11-16(15-17(19)27(28,29)30)20-31-21(41-34-20)18-10-9-13-35(18)22(32-23(36)39-25(2,3)4)33-24(37)40-26(5,6)7/h8,11-12,15,18H,1,9-10,13-14H2,2-7H3,(H,32,33,36,37)/t18-/m0/s1. The van der Waals surface area contributed by atoms with Crippen molar-refractivity contribution in [2.75, 3.05) is 13.2 Å². The molecular weight excluding hydrogens is 547 g/mol. The quantitative estimate of drug-likeness (QED) is 0.247. The van der Waals surface area contributed by atoms with Gasteiger partial charge in [-0.1, -0.05) is 17.8 Å². The van der Waals surface area contributed by atoms with Gasteiger partial charge in [-0.05, 0) is 72.6 Å². The van der Waals surface area contributed by atoms with Gasteiger partial charge in [0.25, 0.3) is 0 Å². The number of benzene rings is 1. The molecule has 41 heavy (non-hydrogen) atoms. The van der Waals surface area contributed by atoms with Gasteiger partial charge >= 0.3 is 18.4 Å². The van der Waals surface area contributed by atoms with Crippen LogP contribution in [0.2, 0.25) is 0 Å². The zero-order chi connectivity index (χ0) is 30.6. The van der Waals surface area contributed by atoms with Crippen LogP contribution in [0.5, 0.6) is 5.75 Å². The number of guanidine groups is 1. The molecule has 11 nitrogen and oxygen atoms in total. The third-order valence-corrected chi connectivity index (χ3v) is 5.35. The number of nitrogens with zero attached hydrogens (tertiary/aromatic N) is 4. The summed E-state index contributed by atoms with van der Waals surface area (Å²) in [6, 6.07) is 2.79. The molecule has 1 N–H and O–H groups in total. The molecule has 0 spiro atoms. The Kier molecular flexibility index (Phi) is 9.34. The first-order valence-corrected chi connectivity index (χ1v) is 12.8. The van der Waals surface area contributed by atoms with E-state index >= 15 is 0 Å². The van der Waals surface area contributed by atoms with Crippen molar-refractivity contribution >= 4 is 18.1 Å². The summed E-state index contributed by atoms with van der Waals surface area (Å²) in [7, 11) is 0. The van der Waals surface area contributed by atoms with E-state index in [1.54, 1.807) is 46.4 Å². The molecule has 1 fully saturated rings. The van der Waals surface area contributed by atoms with Crippen molar-refractivity contribution in [2.45, 2.75) is 77.8 Å². The molecule has 0 saturated carbocycles. The SMILES string of the molecule is C=CCOc1ccc(-c2noc([C@@H]3CCCN3/C(=N/C(=O)OC(C)(C)C)NC(=O)OC(C)(C)C)n2)cc1C(F)(F)F. The molecule has 0 unspecified atom stereocenters. The molecule has 14 heteroatoms. The van der Waals surface area contributed by atoms with E-state index in [0.29, 0.717) is 19.4 Å². The molecule has 2 aromatic rings. The highest BCUT2D eigenvalue weighted by atomic mass is 19.4. The Morgan fingerprint density at radius 3 is 2.46 bits per heavy atom. The normalized spacial score (nSPS) is 16.4. The van der Waals surface area contributed by atoms with E-state index < -0.39 is 41.2 Å². The van der Waals surface area contributed by atoms with Crippen molar-refractivity contribution in [3.63, 3.8) is 0 Å². The van der Waals surface area contributed by atoms with Gasteiger partial charge in [0.15, 0.2) is 0 Å². The predicted molar refractivity (Wildman–Crippen MR) is 142 cm³/mol. The topological polar surface area (TPSA) is 128 Å². The van der Waals surface area contributed by atoms with Crippen LogP contribution in [0.1, 0.15) is 71.9 Å². The van der Waals surface area contributed by atoms with E-state index in [1.165, 1.54) is 18.2 Å². The molecule has 1 aliphatic rings. The molecule has 1 aromatic carbocycles. The Hall–Kier alpha value is -4.10. The first-order chi connectivity index (χ1) is 19.0. The Labute approximate surface area is 235 Å². The number of likely N-dealkylation sites (tertiary alicyclic amines) is 1. The fraction of sp³-hybridized carbons (Fsp3) is 0.519. The van der Waals surface area contributed by atoms with Crippen LogP contribution < -0.4 is 10.1 Å². The van der Waals surface area contributed by atoms with E-state index in [2.05, 4.69) is 27.0 Å². The second-order valence-corrected chi connectivity index (χ2v) is 11.2. The van der Waals surface area contributed by atoms with E-state index in [9.17, 15) is 22.8 Å². The summed E-state index contributed by atoms with van der Waals surface area (Å²) in [5.74, 6) is -0.541. The molecule has 1 atom stereocenters. The first kappa shape index (κ1) is 31.4. The molecule has 3 rings (SSSR count). The van der Waals surface area contributed by atoms with E-state index in [4.69, 9.17) is 18.7 Å². The van der Waals surface area contributed by atoms with Gasteiger partial charge in [0.1, 0.15) is 29.6 Å². The van der Waals surface area contributed by atoms with Gasteiger partial charge in [0.2, 0.25) is 17.7 Å². The number of aliphatic imine (C=N–C) groups is 1. The minimum atomic E-state index is -4.69. The van der Waals surface area contributed by atoms with E-state index in [-0.39, 0.29) is 35.6 Å². The Balaban J connectivity index is 1.93. The minimum absolute atomic E-state index is 0.0531. The van der Waals surface area contributed by atoms with Gasteiger partial charge in [-0.25, -0.2) is 9.59 Å². The average molecular weight is 582 g/mol. The lowest BCUT2D eigenvalue weighted by atomic mass is 10.1. The van der Waals surface area contributed by atoms with Gasteiger partial charge < -0.3 is 23.6 Å². The summed E-state index contributed by atoms with van der Waals surface area (Å²) in [6.07, 6.45) is -4.09. The van der Waals surface area contributed by atoms with Gasteiger partial charge in [-0.15, -0.1) is 4.99 Å². The number of rotatable bonds is 5. The van der Waals surface area contributed by atoms with Gasteiger partial charge in [0.05, 0.1) is 5.56 Å². The molecule has 2 heterocycles. The van der Waals surface area contributed by atoms with Crippen molar-refractivity contribution in [2.24, 2.45) is 4.99 Å². The van der Waals surface area contributed by atoms with Crippen LogP contribution in [0.4, 0.5) is 22.8 Å². The largest absolute Gasteiger partial charge is 0.489 e. The number of halogens is 3. The summed E-state index contributed by atoms with van der Waals surface area (Å²) in [6.45, 7) is 13.7. The predicted octanol–water partition coefficient (Wildman–Crippen LogP) is 6.27. The number of hydrogen-bond acceptors (Lipinski definition) is 8. The lowest BCUT2D eigenvalue weighted by Gasteiger charge is -2.27. The third-order valence-electron chi connectivity index (χ3n) is 5.35. The van der Waals surface area contributed by atoms with Crippen molar-refractivity contribution in [1.29, 1.82) is 0 Å². The van der Waals surface area contributed by atoms with Crippen LogP contribution in [0, 0.1) is 0 Å². The number of alkyl carbamates (subject to hydrolysis) is 1. The number of carbonyl (C=O) groups is 2. The average Bonchev–Trinajstić information content (AvgIpc) is 3.49. The van der Waals surface area contributed by atoms with Crippen LogP contribution in [0.15, 0.2) is 40.4 Å². The van der Waals surface area contributed by atoms with Crippen LogP contribution in [0.3, 0.4) is 0 Å². The Morgan fingerprint density at radius 1 is 1.17 bits per heavy atom. The second kappa shape index (κ2) is 12.2. The number of ether oxygens (including phenoxy) is 3. The summed E-state index contributed by atoms with van der Waals surface area (Å²) in [5, 5.41) is 6.37. The maximum absolute atomic E-state index is 13.7. The molecule has 1 aliphatic heterocycles. The number of hydrogen-bond donors (Lipinski definition) is 1. The fourth-order valence-electron chi connectivity index (χ4n) is 3.86. The highest BCUT2D eigenvalue weighted by molar-refractivity contribution is 5.99. The maximum atomic E-state index is 13.7. The molecule has 0 bridgehead atoms. The molecule has 224 valence electrons. The van der Waals surface area contributed by atoms with Crippen molar-refractivity contribution in [1.82, 2.24) is 20.4 Å². The van der Waals surface area contributed by atoms with Crippen LogP contribution in [-0.2, 0) is 15.7 Å². The third kappa shape index (κ3) is 8.95. The number of carbonyl (C=O) groups excluding carboxylic acids is 2. The molecule has 1 saturated heterocycles. The monoisotopic (exact) mass is 581 g/mol. The van der Waals surface area contributed by atoms with Crippen molar-refractivity contribution in [3.05, 3.63) is 42.3 Å². The van der Waals surface area contributed by atoms with Gasteiger partial charge in [-0.2, -0.15) is 18.2 Å². The van der Waals surface area contributed by atoms with Crippen molar-refractivity contribution < 1.29 is 41.5 Å². The van der Waals surface area contributed by atoms with Crippen LogP contribution in [-0.4, -0.2) is 57.5 Å². The fourth-order valence-corrected chi connectivity index (χ4v) is 3.86. The first-order valence-electron chi connectivity index (χ1n) is 12.8. The molecule has 0 radical (unpaired) electrons. The Morgan fingerprint density at radius 2 is 1.85 bits per heavy atom. The number of nitrogens with one attached hydrogen (secondary N) is 1. The Bertz CT molecular complexity index is 1290. The summed E-state index contributed by atoms with van der Waals surface area (Å²) in [4.78, 5) is 35.0. The zero-order valence-corrected chi connectivity index (χ0v) is 23.8. The number of alkyl halides is 3. The van der Waals surface area contributed by atoms with Crippen molar-refractivity contribution in [3.8, 4) is 17.1 Å². The minimum Gasteiger partial charge on any atom is -0.489 e. The highest BCUT2D eigenvalue weighted by Gasteiger charge is 2.37. The number of amides is 2. The van der Waals surface area contributed by atoms with E-state index in [0.717, 1.165) is 6.07 Å². The summed E-state index contributed by atoms with van der Waals surface area (Å²) >= 11 is 0. The lowest BCUT2D eigenvalue weighted by Crippen LogP contribution is -2.46. The molecule has 2 amide bonds. The maximum Gasteiger partial charge on any atom is 0.437 e. The number of aromatic nitrogens is 2.